The van der Waals surface area contributed by atoms with Crippen LogP contribution in [0, 0.1) is 0 Å². The Kier molecular flexibility index (Phi) is 3.70. The third-order valence-corrected chi connectivity index (χ3v) is 5.45. The molecule has 0 aliphatic carbocycles. The van der Waals surface area contributed by atoms with Crippen molar-refractivity contribution in [3.63, 3.8) is 0 Å². The zero-order valence-electron chi connectivity index (χ0n) is 10.9. The number of fused-ring (bicyclic) bond motifs is 1. The SMILES string of the molecule is O=S1(=O)CC/C(=N/N2CCOCC2)c2cc(Cl)ccc21. The fraction of sp³-hybridized carbons (Fsp3) is 0.462. The van der Waals surface area contributed by atoms with E-state index in [2.05, 4.69) is 5.10 Å². The summed E-state index contributed by atoms with van der Waals surface area (Å²) in [4.78, 5) is 0.333. The molecule has 108 valence electrons. The highest BCUT2D eigenvalue weighted by molar-refractivity contribution is 7.91. The summed E-state index contributed by atoms with van der Waals surface area (Å²) >= 11 is 5.99. The average Bonchev–Trinajstić information content (AvgIpc) is 2.43. The first kappa shape index (κ1) is 13.9. The van der Waals surface area contributed by atoms with Crippen LogP contribution in [-0.4, -0.2) is 51.2 Å². The Morgan fingerprint density at radius 3 is 2.75 bits per heavy atom. The molecule has 0 unspecified atom stereocenters. The van der Waals surface area contributed by atoms with E-state index in [1.807, 2.05) is 5.01 Å². The van der Waals surface area contributed by atoms with Crippen LogP contribution in [0.1, 0.15) is 12.0 Å². The Bertz CT molecular complexity index is 652. The standard InChI is InChI=1S/C13H15ClN2O3S/c14-10-1-2-13-11(9-10)12(3-8-20(13,17)18)15-16-4-6-19-7-5-16/h1-2,9H,3-8H2/b15-12-. The lowest BCUT2D eigenvalue weighted by atomic mass is 10.1. The molecule has 0 atom stereocenters. The second kappa shape index (κ2) is 5.35. The molecule has 0 spiro atoms. The van der Waals surface area contributed by atoms with E-state index in [1.54, 1.807) is 18.2 Å². The maximum atomic E-state index is 12.1. The molecule has 1 aromatic carbocycles. The first-order chi connectivity index (χ1) is 9.56. The summed E-state index contributed by atoms with van der Waals surface area (Å²) in [6.07, 6.45) is 0.424. The van der Waals surface area contributed by atoms with Gasteiger partial charge >= 0.3 is 0 Å². The Hall–Kier alpha value is -1.11. The molecule has 0 radical (unpaired) electrons. The zero-order chi connectivity index (χ0) is 14.2. The van der Waals surface area contributed by atoms with Crippen molar-refractivity contribution in [3.8, 4) is 0 Å². The lowest BCUT2D eigenvalue weighted by Crippen LogP contribution is -2.34. The van der Waals surface area contributed by atoms with E-state index < -0.39 is 9.84 Å². The van der Waals surface area contributed by atoms with Gasteiger partial charge in [0.1, 0.15) is 0 Å². The topological polar surface area (TPSA) is 59.0 Å². The molecule has 7 heteroatoms. The molecule has 1 aromatic rings. The first-order valence-corrected chi connectivity index (χ1v) is 8.52. The maximum Gasteiger partial charge on any atom is 0.179 e. The van der Waals surface area contributed by atoms with Crippen molar-refractivity contribution in [2.24, 2.45) is 5.10 Å². The molecular formula is C13H15ClN2O3S. The van der Waals surface area contributed by atoms with Crippen LogP contribution in [0.5, 0.6) is 0 Å². The fourth-order valence-electron chi connectivity index (χ4n) is 2.40. The van der Waals surface area contributed by atoms with Crippen molar-refractivity contribution in [2.45, 2.75) is 11.3 Å². The van der Waals surface area contributed by atoms with Crippen molar-refractivity contribution in [3.05, 3.63) is 28.8 Å². The van der Waals surface area contributed by atoms with Gasteiger partial charge in [0, 0.05) is 17.0 Å². The number of hydrogen-bond donors (Lipinski definition) is 0. The summed E-state index contributed by atoms with van der Waals surface area (Å²) in [6, 6.07) is 4.86. The summed E-state index contributed by atoms with van der Waals surface area (Å²) < 4.78 is 29.5. The molecule has 20 heavy (non-hydrogen) atoms. The van der Waals surface area contributed by atoms with Gasteiger partial charge in [-0.05, 0) is 18.2 Å². The second-order valence-electron chi connectivity index (χ2n) is 4.82. The number of hydrazone groups is 1. The quantitative estimate of drug-likeness (QED) is 0.789. The normalized spacial score (nSPS) is 23.6. The maximum absolute atomic E-state index is 12.1. The third-order valence-electron chi connectivity index (χ3n) is 3.44. The predicted octanol–water partition coefficient (Wildman–Crippen LogP) is 1.55. The van der Waals surface area contributed by atoms with Gasteiger partial charge in [0.2, 0.25) is 0 Å². The molecule has 2 heterocycles. The van der Waals surface area contributed by atoms with Crippen LogP contribution in [0.25, 0.3) is 0 Å². The molecule has 1 saturated heterocycles. The van der Waals surface area contributed by atoms with E-state index in [9.17, 15) is 8.42 Å². The van der Waals surface area contributed by atoms with E-state index in [0.29, 0.717) is 35.1 Å². The minimum atomic E-state index is -3.22. The number of benzene rings is 1. The van der Waals surface area contributed by atoms with Gasteiger partial charge in [-0.15, -0.1) is 0 Å². The van der Waals surface area contributed by atoms with E-state index in [4.69, 9.17) is 16.3 Å². The minimum absolute atomic E-state index is 0.102. The van der Waals surface area contributed by atoms with Crippen molar-refractivity contribution in [1.82, 2.24) is 5.01 Å². The second-order valence-corrected chi connectivity index (χ2v) is 7.34. The molecule has 1 fully saturated rings. The molecule has 0 N–H and O–H groups in total. The number of sulfone groups is 1. The van der Waals surface area contributed by atoms with Gasteiger partial charge in [0.05, 0.1) is 42.7 Å². The lowest BCUT2D eigenvalue weighted by molar-refractivity contribution is 0.0393. The molecule has 0 aromatic heterocycles. The van der Waals surface area contributed by atoms with Crippen LogP contribution >= 0.6 is 11.6 Å². The Labute approximate surface area is 123 Å². The van der Waals surface area contributed by atoms with Crippen LogP contribution in [-0.2, 0) is 14.6 Å². The third kappa shape index (κ3) is 2.68. The lowest BCUT2D eigenvalue weighted by Gasteiger charge is -2.27. The summed E-state index contributed by atoms with van der Waals surface area (Å²) in [5.74, 6) is 0.102. The fourth-order valence-corrected chi connectivity index (χ4v) is 4.04. The smallest absolute Gasteiger partial charge is 0.179 e. The summed E-state index contributed by atoms with van der Waals surface area (Å²) in [6.45, 7) is 2.76. The van der Waals surface area contributed by atoms with Gasteiger partial charge < -0.3 is 4.74 Å². The summed E-state index contributed by atoms with van der Waals surface area (Å²) in [7, 11) is -3.22. The summed E-state index contributed by atoms with van der Waals surface area (Å²) in [5.41, 5.74) is 1.43. The molecule has 5 nitrogen and oxygen atoms in total. The number of halogens is 1. The van der Waals surface area contributed by atoms with Gasteiger partial charge in [-0.2, -0.15) is 5.10 Å². The van der Waals surface area contributed by atoms with Crippen molar-refractivity contribution in [1.29, 1.82) is 0 Å². The molecule has 0 amide bonds. The van der Waals surface area contributed by atoms with Crippen molar-refractivity contribution < 1.29 is 13.2 Å². The van der Waals surface area contributed by atoms with E-state index in [0.717, 1.165) is 18.8 Å². The molecule has 2 aliphatic rings. The van der Waals surface area contributed by atoms with Crippen LogP contribution in [0.2, 0.25) is 5.02 Å². The molecule has 0 saturated carbocycles. The number of nitrogens with zero attached hydrogens (tertiary/aromatic N) is 2. The highest BCUT2D eigenvalue weighted by Gasteiger charge is 2.28. The van der Waals surface area contributed by atoms with Gasteiger partial charge in [-0.1, -0.05) is 11.6 Å². The monoisotopic (exact) mass is 314 g/mol. The van der Waals surface area contributed by atoms with Gasteiger partial charge in [-0.3, -0.25) is 5.01 Å². The van der Waals surface area contributed by atoms with Crippen molar-refractivity contribution in [2.75, 3.05) is 32.1 Å². The molecular weight excluding hydrogens is 300 g/mol. The van der Waals surface area contributed by atoms with E-state index in [-0.39, 0.29) is 5.75 Å². The molecule has 2 aliphatic heterocycles. The van der Waals surface area contributed by atoms with Crippen LogP contribution in [0.3, 0.4) is 0 Å². The minimum Gasteiger partial charge on any atom is -0.378 e. The van der Waals surface area contributed by atoms with Gasteiger partial charge in [0.25, 0.3) is 0 Å². The molecule has 3 rings (SSSR count). The highest BCUT2D eigenvalue weighted by atomic mass is 35.5. The zero-order valence-corrected chi connectivity index (χ0v) is 12.5. The van der Waals surface area contributed by atoms with Crippen LogP contribution in [0.4, 0.5) is 0 Å². The van der Waals surface area contributed by atoms with Gasteiger partial charge in [0.15, 0.2) is 9.84 Å². The Morgan fingerprint density at radius 1 is 1.25 bits per heavy atom. The number of hydrogen-bond acceptors (Lipinski definition) is 5. The number of ether oxygens (including phenoxy) is 1. The van der Waals surface area contributed by atoms with E-state index >= 15 is 0 Å². The average molecular weight is 315 g/mol. The van der Waals surface area contributed by atoms with Crippen LogP contribution < -0.4 is 0 Å². The highest BCUT2D eigenvalue weighted by Crippen LogP contribution is 2.28. The van der Waals surface area contributed by atoms with Gasteiger partial charge in [-0.25, -0.2) is 8.42 Å². The Morgan fingerprint density at radius 2 is 2.00 bits per heavy atom. The first-order valence-electron chi connectivity index (χ1n) is 6.49. The van der Waals surface area contributed by atoms with Crippen LogP contribution in [0.15, 0.2) is 28.2 Å². The van der Waals surface area contributed by atoms with Crippen molar-refractivity contribution >= 4 is 27.1 Å². The largest absolute Gasteiger partial charge is 0.378 e. The number of rotatable bonds is 1. The predicted molar refractivity (Wildman–Crippen MR) is 77.1 cm³/mol. The Balaban J connectivity index is 2.02. The molecule has 0 bridgehead atoms. The van der Waals surface area contributed by atoms with E-state index in [1.165, 1.54) is 0 Å². The number of morpholine rings is 1. The summed E-state index contributed by atoms with van der Waals surface area (Å²) in [5, 5.41) is 7.05.